The van der Waals surface area contributed by atoms with E-state index in [1.54, 1.807) is 53.7 Å². The minimum absolute atomic E-state index is 0.300. The van der Waals surface area contributed by atoms with Crippen molar-refractivity contribution >= 4 is 12.3 Å². The normalized spacial score (nSPS) is 11.6. The lowest BCUT2D eigenvalue weighted by atomic mass is 9.99. The van der Waals surface area contributed by atoms with Gasteiger partial charge in [0.2, 0.25) is 0 Å². The van der Waals surface area contributed by atoms with Crippen LogP contribution >= 0.6 is 0 Å². The predicted molar refractivity (Wildman–Crippen MR) is 115 cm³/mol. The van der Waals surface area contributed by atoms with Crippen LogP contribution in [0.15, 0.2) is 36.4 Å². The van der Waals surface area contributed by atoms with E-state index in [1.807, 2.05) is 38.1 Å². The monoisotopic (exact) mass is 414 g/mol. The summed E-state index contributed by atoms with van der Waals surface area (Å²) in [5.41, 5.74) is 1.73. The van der Waals surface area contributed by atoms with E-state index in [0.29, 0.717) is 22.6 Å². The molecule has 0 bridgehead atoms. The predicted octanol–water partition coefficient (Wildman–Crippen LogP) is 6.60. The fourth-order valence-corrected chi connectivity index (χ4v) is 2.61. The van der Waals surface area contributed by atoms with Crippen LogP contribution in [0.2, 0.25) is 0 Å². The highest BCUT2D eigenvalue weighted by Gasteiger charge is 2.23. The molecule has 0 aromatic heterocycles. The average molecular weight is 414 g/mol. The molecule has 0 unspecified atom stereocenters. The van der Waals surface area contributed by atoms with Crippen LogP contribution in [-0.2, 0) is 9.47 Å². The summed E-state index contributed by atoms with van der Waals surface area (Å²) in [6, 6.07) is 10.7. The molecule has 162 valence electrons. The van der Waals surface area contributed by atoms with E-state index >= 15 is 0 Å². The third-order valence-electron chi connectivity index (χ3n) is 3.73. The molecule has 2 aromatic carbocycles. The lowest BCUT2D eigenvalue weighted by Gasteiger charge is -2.21. The zero-order valence-electron chi connectivity index (χ0n) is 18.9. The van der Waals surface area contributed by atoms with Crippen LogP contribution in [-0.4, -0.2) is 23.5 Å². The van der Waals surface area contributed by atoms with Gasteiger partial charge in [-0.1, -0.05) is 23.3 Å². The molecule has 0 aliphatic carbocycles. The summed E-state index contributed by atoms with van der Waals surface area (Å²) in [7, 11) is 0. The summed E-state index contributed by atoms with van der Waals surface area (Å²) in [6.45, 7) is 14.4. The molecular weight excluding hydrogens is 384 g/mol. The first-order valence-corrected chi connectivity index (χ1v) is 9.77. The number of hydrogen-bond acceptors (Lipinski definition) is 6. The van der Waals surface area contributed by atoms with Crippen LogP contribution in [0.3, 0.4) is 0 Å². The van der Waals surface area contributed by atoms with Crippen LogP contribution in [0.1, 0.15) is 52.7 Å². The lowest BCUT2D eigenvalue weighted by Crippen LogP contribution is -2.26. The zero-order valence-corrected chi connectivity index (χ0v) is 18.9. The highest BCUT2D eigenvalue weighted by atomic mass is 16.7. The fourth-order valence-electron chi connectivity index (χ4n) is 2.61. The Morgan fingerprint density at radius 1 is 0.633 bits per heavy atom. The molecule has 0 saturated heterocycles. The standard InChI is InChI=1S/C24H30O6/c1-15-9-11-19(27-21(25)29-23(3,4)5)17(13-15)18-14-16(2)10-12-20(18)28-22(26)30-24(6,7)8/h9-14H,1-8H3. The van der Waals surface area contributed by atoms with Crippen molar-refractivity contribution in [1.82, 2.24) is 0 Å². The van der Waals surface area contributed by atoms with Gasteiger partial charge in [-0.3, -0.25) is 0 Å². The molecule has 0 atom stereocenters. The molecule has 30 heavy (non-hydrogen) atoms. The number of ether oxygens (including phenoxy) is 4. The minimum Gasteiger partial charge on any atom is -0.428 e. The summed E-state index contributed by atoms with van der Waals surface area (Å²) < 4.78 is 21.5. The smallest absolute Gasteiger partial charge is 0.428 e. The molecule has 0 radical (unpaired) electrons. The van der Waals surface area contributed by atoms with Crippen LogP contribution in [0.4, 0.5) is 9.59 Å². The Bertz CT molecular complexity index is 854. The molecule has 0 heterocycles. The Labute approximate surface area is 178 Å². The van der Waals surface area contributed by atoms with Gasteiger partial charge in [0.1, 0.15) is 22.7 Å². The molecule has 0 N–H and O–H groups in total. The van der Waals surface area contributed by atoms with E-state index in [2.05, 4.69) is 0 Å². The molecule has 2 aromatic rings. The van der Waals surface area contributed by atoms with Crippen LogP contribution in [0.5, 0.6) is 11.5 Å². The summed E-state index contributed by atoms with van der Waals surface area (Å²) in [5.74, 6) is 0.601. The SMILES string of the molecule is Cc1ccc(OC(=O)OC(C)(C)C)c(-c2cc(C)ccc2OC(=O)OC(C)(C)C)c1. The van der Waals surface area contributed by atoms with Gasteiger partial charge in [-0.2, -0.15) is 0 Å². The van der Waals surface area contributed by atoms with Gasteiger partial charge in [0.15, 0.2) is 0 Å². The second-order valence-corrected chi connectivity index (χ2v) is 9.13. The molecule has 0 aliphatic rings. The maximum Gasteiger partial charge on any atom is 0.514 e. The quantitative estimate of drug-likeness (QED) is 0.416. The van der Waals surface area contributed by atoms with Crippen LogP contribution < -0.4 is 9.47 Å². The number of carbonyl (C=O) groups is 2. The molecule has 0 fully saturated rings. The van der Waals surface area contributed by atoms with Crippen molar-refractivity contribution in [2.45, 2.75) is 66.6 Å². The highest BCUT2D eigenvalue weighted by Crippen LogP contribution is 2.38. The van der Waals surface area contributed by atoms with Crippen LogP contribution in [0.25, 0.3) is 11.1 Å². The van der Waals surface area contributed by atoms with E-state index in [9.17, 15) is 9.59 Å². The Kier molecular flexibility index (Phi) is 6.80. The van der Waals surface area contributed by atoms with Crippen molar-refractivity contribution in [3.8, 4) is 22.6 Å². The molecule has 6 heteroatoms. The number of hydrogen-bond donors (Lipinski definition) is 0. The van der Waals surface area contributed by atoms with E-state index in [-0.39, 0.29) is 0 Å². The largest absolute Gasteiger partial charge is 0.514 e. The first-order chi connectivity index (χ1) is 13.7. The minimum atomic E-state index is -0.810. The van der Waals surface area contributed by atoms with Crippen LogP contribution in [0, 0.1) is 13.8 Å². The van der Waals surface area contributed by atoms with E-state index in [0.717, 1.165) is 11.1 Å². The second-order valence-electron chi connectivity index (χ2n) is 9.13. The summed E-state index contributed by atoms with van der Waals surface area (Å²) >= 11 is 0. The van der Waals surface area contributed by atoms with Gasteiger partial charge in [-0.05, 0) is 79.7 Å². The van der Waals surface area contributed by atoms with Crippen molar-refractivity contribution in [3.05, 3.63) is 47.5 Å². The van der Waals surface area contributed by atoms with Crippen molar-refractivity contribution in [3.63, 3.8) is 0 Å². The molecule has 0 saturated carbocycles. The fraction of sp³-hybridized carbons (Fsp3) is 0.417. The first kappa shape index (κ1) is 23.3. The molecular formula is C24H30O6. The topological polar surface area (TPSA) is 71.1 Å². The number of benzene rings is 2. The van der Waals surface area contributed by atoms with Crippen molar-refractivity contribution in [2.24, 2.45) is 0 Å². The molecule has 2 rings (SSSR count). The van der Waals surface area contributed by atoms with Gasteiger partial charge in [-0.15, -0.1) is 0 Å². The van der Waals surface area contributed by atoms with E-state index in [1.165, 1.54) is 0 Å². The lowest BCUT2D eigenvalue weighted by molar-refractivity contribution is 0.0190. The van der Waals surface area contributed by atoms with E-state index in [4.69, 9.17) is 18.9 Å². The molecule has 0 aliphatic heterocycles. The maximum absolute atomic E-state index is 12.2. The van der Waals surface area contributed by atoms with Gasteiger partial charge < -0.3 is 18.9 Å². The number of carbonyl (C=O) groups excluding carboxylic acids is 2. The third-order valence-corrected chi connectivity index (χ3v) is 3.73. The summed E-state index contributed by atoms with van der Waals surface area (Å²) in [6.07, 6.45) is -1.62. The summed E-state index contributed by atoms with van der Waals surface area (Å²) in [5, 5.41) is 0. The Morgan fingerprint density at radius 2 is 0.967 bits per heavy atom. The third kappa shape index (κ3) is 7.10. The first-order valence-electron chi connectivity index (χ1n) is 9.77. The molecule has 0 amide bonds. The second kappa shape index (κ2) is 8.78. The van der Waals surface area contributed by atoms with Crippen molar-refractivity contribution < 1.29 is 28.5 Å². The van der Waals surface area contributed by atoms with Crippen molar-refractivity contribution in [1.29, 1.82) is 0 Å². The number of rotatable bonds is 3. The molecule has 6 nitrogen and oxygen atoms in total. The number of aryl methyl sites for hydroxylation is 2. The van der Waals surface area contributed by atoms with Crippen molar-refractivity contribution in [2.75, 3.05) is 0 Å². The van der Waals surface area contributed by atoms with Gasteiger partial charge in [0.05, 0.1) is 0 Å². The maximum atomic E-state index is 12.2. The Balaban J connectivity index is 2.45. The van der Waals surface area contributed by atoms with Gasteiger partial charge in [0.25, 0.3) is 0 Å². The Morgan fingerprint density at radius 3 is 1.27 bits per heavy atom. The molecule has 0 spiro atoms. The summed E-state index contributed by atoms with van der Waals surface area (Å²) in [4.78, 5) is 24.5. The average Bonchev–Trinajstić information content (AvgIpc) is 2.54. The Hall–Kier alpha value is -3.02. The van der Waals surface area contributed by atoms with Gasteiger partial charge >= 0.3 is 12.3 Å². The van der Waals surface area contributed by atoms with Gasteiger partial charge in [0, 0.05) is 11.1 Å². The highest BCUT2D eigenvalue weighted by molar-refractivity contribution is 5.81. The zero-order chi connectivity index (χ0) is 22.7. The van der Waals surface area contributed by atoms with Gasteiger partial charge in [-0.25, -0.2) is 9.59 Å². The van der Waals surface area contributed by atoms with E-state index < -0.39 is 23.5 Å².